The average molecular weight is 218 g/mol. The summed E-state index contributed by atoms with van der Waals surface area (Å²) in [5, 5.41) is 3.64. The maximum atomic E-state index is 4.30. The third-order valence-electron chi connectivity index (χ3n) is 3.21. The van der Waals surface area contributed by atoms with Crippen molar-refractivity contribution in [3.8, 4) is 0 Å². The predicted octanol–water partition coefficient (Wildman–Crippen LogP) is 3.23. The highest BCUT2D eigenvalue weighted by Crippen LogP contribution is 2.37. The van der Waals surface area contributed by atoms with Crippen molar-refractivity contribution in [3.63, 3.8) is 0 Å². The molecule has 16 heavy (non-hydrogen) atoms. The summed E-state index contributed by atoms with van der Waals surface area (Å²) < 4.78 is 0. The van der Waals surface area contributed by atoms with Gasteiger partial charge in [-0.05, 0) is 43.4 Å². The van der Waals surface area contributed by atoms with Crippen LogP contribution < -0.4 is 5.32 Å². The number of hydrogen-bond acceptors (Lipinski definition) is 2. The van der Waals surface area contributed by atoms with Gasteiger partial charge in [-0.2, -0.15) is 0 Å². The van der Waals surface area contributed by atoms with E-state index in [0.717, 1.165) is 12.5 Å². The topological polar surface area (TPSA) is 24.9 Å². The summed E-state index contributed by atoms with van der Waals surface area (Å²) in [7, 11) is 0. The zero-order chi connectivity index (χ0) is 11.4. The van der Waals surface area contributed by atoms with Gasteiger partial charge in [0.15, 0.2) is 0 Å². The Labute approximate surface area is 98.5 Å². The van der Waals surface area contributed by atoms with Crippen molar-refractivity contribution >= 4 is 0 Å². The van der Waals surface area contributed by atoms with E-state index in [0.29, 0.717) is 6.04 Å². The SMILES string of the molecule is CCCNC(CC1CC1)c1cncc(C)c1. The summed E-state index contributed by atoms with van der Waals surface area (Å²) in [6.07, 6.45) is 9.26. The number of nitrogens with zero attached hydrogens (tertiary/aromatic N) is 1. The van der Waals surface area contributed by atoms with Crippen LogP contribution in [0.25, 0.3) is 0 Å². The second-order valence-electron chi connectivity index (χ2n) is 4.98. The van der Waals surface area contributed by atoms with Crippen molar-refractivity contribution < 1.29 is 0 Å². The second kappa shape index (κ2) is 5.44. The first-order chi connectivity index (χ1) is 7.79. The lowest BCUT2D eigenvalue weighted by atomic mass is 10.0. The molecule has 0 aliphatic heterocycles. The molecule has 0 amide bonds. The molecular weight excluding hydrogens is 196 g/mol. The third-order valence-corrected chi connectivity index (χ3v) is 3.21. The average Bonchev–Trinajstić information content (AvgIpc) is 3.08. The van der Waals surface area contributed by atoms with Gasteiger partial charge in [0.25, 0.3) is 0 Å². The van der Waals surface area contributed by atoms with Crippen molar-refractivity contribution in [3.05, 3.63) is 29.6 Å². The van der Waals surface area contributed by atoms with Crippen LogP contribution in [0.2, 0.25) is 0 Å². The molecule has 0 bridgehead atoms. The highest BCUT2D eigenvalue weighted by Gasteiger charge is 2.26. The van der Waals surface area contributed by atoms with Crippen LogP contribution in [-0.2, 0) is 0 Å². The number of pyridine rings is 1. The van der Waals surface area contributed by atoms with Crippen LogP contribution in [0.15, 0.2) is 18.5 Å². The summed E-state index contributed by atoms with van der Waals surface area (Å²) in [5.41, 5.74) is 2.62. The minimum absolute atomic E-state index is 0.514. The third kappa shape index (κ3) is 3.31. The molecule has 1 aromatic heterocycles. The highest BCUT2D eigenvalue weighted by atomic mass is 14.9. The molecule has 88 valence electrons. The molecule has 0 saturated heterocycles. The van der Waals surface area contributed by atoms with E-state index in [4.69, 9.17) is 0 Å². The molecule has 1 saturated carbocycles. The fourth-order valence-corrected chi connectivity index (χ4v) is 2.11. The zero-order valence-electron chi connectivity index (χ0n) is 10.4. The van der Waals surface area contributed by atoms with E-state index in [1.54, 1.807) is 0 Å². The van der Waals surface area contributed by atoms with Gasteiger partial charge in [-0.1, -0.05) is 25.8 Å². The van der Waals surface area contributed by atoms with E-state index in [-0.39, 0.29) is 0 Å². The van der Waals surface area contributed by atoms with Gasteiger partial charge >= 0.3 is 0 Å². The Morgan fingerprint density at radius 1 is 1.44 bits per heavy atom. The lowest BCUT2D eigenvalue weighted by Gasteiger charge is -2.18. The maximum Gasteiger partial charge on any atom is 0.0338 e. The van der Waals surface area contributed by atoms with Gasteiger partial charge in [0.1, 0.15) is 0 Å². The molecular formula is C14H22N2. The van der Waals surface area contributed by atoms with Crippen LogP contribution in [-0.4, -0.2) is 11.5 Å². The fourth-order valence-electron chi connectivity index (χ4n) is 2.11. The van der Waals surface area contributed by atoms with Crippen LogP contribution in [0.1, 0.15) is 49.8 Å². The van der Waals surface area contributed by atoms with Crippen LogP contribution in [0.4, 0.5) is 0 Å². The minimum Gasteiger partial charge on any atom is -0.310 e. The van der Waals surface area contributed by atoms with E-state index in [2.05, 4.69) is 30.2 Å². The quantitative estimate of drug-likeness (QED) is 0.793. The molecule has 0 radical (unpaired) electrons. The molecule has 1 fully saturated rings. The normalized spacial score (nSPS) is 17.4. The molecule has 2 rings (SSSR count). The first-order valence-electron chi connectivity index (χ1n) is 6.44. The Balaban J connectivity index is 2.03. The number of hydrogen-bond donors (Lipinski definition) is 1. The summed E-state index contributed by atoms with van der Waals surface area (Å²) in [6.45, 7) is 5.44. The van der Waals surface area contributed by atoms with Crippen molar-refractivity contribution in [2.24, 2.45) is 5.92 Å². The van der Waals surface area contributed by atoms with Gasteiger partial charge in [0.2, 0.25) is 0 Å². The van der Waals surface area contributed by atoms with Crippen molar-refractivity contribution in [1.29, 1.82) is 0 Å². The number of rotatable bonds is 6. The monoisotopic (exact) mass is 218 g/mol. The minimum atomic E-state index is 0.514. The first kappa shape index (κ1) is 11.6. The molecule has 1 unspecified atom stereocenters. The summed E-state index contributed by atoms with van der Waals surface area (Å²) in [4.78, 5) is 4.30. The largest absolute Gasteiger partial charge is 0.310 e. The Hall–Kier alpha value is -0.890. The summed E-state index contributed by atoms with van der Waals surface area (Å²) in [5.74, 6) is 0.954. The van der Waals surface area contributed by atoms with Crippen molar-refractivity contribution in [1.82, 2.24) is 10.3 Å². The Bertz CT molecular complexity index is 331. The Morgan fingerprint density at radius 2 is 2.25 bits per heavy atom. The van der Waals surface area contributed by atoms with Gasteiger partial charge < -0.3 is 5.32 Å². The van der Waals surface area contributed by atoms with Gasteiger partial charge in [0, 0.05) is 18.4 Å². The second-order valence-corrected chi connectivity index (χ2v) is 4.98. The zero-order valence-corrected chi connectivity index (χ0v) is 10.4. The van der Waals surface area contributed by atoms with Crippen LogP contribution in [0.3, 0.4) is 0 Å². The van der Waals surface area contributed by atoms with Crippen LogP contribution >= 0.6 is 0 Å². The molecule has 1 aromatic rings. The first-order valence-corrected chi connectivity index (χ1v) is 6.44. The molecule has 1 heterocycles. The van der Waals surface area contributed by atoms with Gasteiger partial charge in [-0.3, -0.25) is 4.98 Å². The fraction of sp³-hybridized carbons (Fsp3) is 0.643. The lowest BCUT2D eigenvalue weighted by Crippen LogP contribution is -2.22. The molecule has 0 spiro atoms. The van der Waals surface area contributed by atoms with Crippen molar-refractivity contribution in [2.75, 3.05) is 6.54 Å². The Kier molecular flexibility index (Phi) is 3.94. The van der Waals surface area contributed by atoms with Gasteiger partial charge in [-0.25, -0.2) is 0 Å². The molecule has 2 heteroatoms. The van der Waals surface area contributed by atoms with Gasteiger partial charge in [0.05, 0.1) is 0 Å². The lowest BCUT2D eigenvalue weighted by molar-refractivity contribution is 0.472. The summed E-state index contributed by atoms with van der Waals surface area (Å²) in [6, 6.07) is 2.78. The number of nitrogens with one attached hydrogen (secondary N) is 1. The molecule has 2 nitrogen and oxygen atoms in total. The maximum absolute atomic E-state index is 4.30. The number of aryl methyl sites for hydroxylation is 1. The van der Waals surface area contributed by atoms with E-state index in [9.17, 15) is 0 Å². The predicted molar refractivity (Wildman–Crippen MR) is 67.3 cm³/mol. The standard InChI is InChI=1S/C14H22N2/c1-3-6-16-14(8-12-4-5-12)13-7-11(2)9-15-10-13/h7,9-10,12,14,16H,3-6,8H2,1-2H3. The molecule has 1 N–H and O–H groups in total. The molecule has 1 atom stereocenters. The van der Waals surface area contributed by atoms with E-state index < -0.39 is 0 Å². The van der Waals surface area contributed by atoms with Crippen LogP contribution in [0, 0.1) is 12.8 Å². The molecule has 0 aromatic carbocycles. The highest BCUT2D eigenvalue weighted by molar-refractivity contribution is 5.20. The van der Waals surface area contributed by atoms with E-state index >= 15 is 0 Å². The number of aromatic nitrogens is 1. The Morgan fingerprint density at radius 3 is 2.88 bits per heavy atom. The molecule has 1 aliphatic carbocycles. The summed E-state index contributed by atoms with van der Waals surface area (Å²) >= 11 is 0. The molecule has 1 aliphatic rings. The van der Waals surface area contributed by atoms with E-state index in [1.807, 2.05) is 12.4 Å². The van der Waals surface area contributed by atoms with E-state index in [1.165, 1.54) is 36.8 Å². The van der Waals surface area contributed by atoms with Gasteiger partial charge in [-0.15, -0.1) is 0 Å². The van der Waals surface area contributed by atoms with Crippen LogP contribution in [0.5, 0.6) is 0 Å². The smallest absolute Gasteiger partial charge is 0.0338 e. The van der Waals surface area contributed by atoms with Crippen molar-refractivity contribution in [2.45, 2.75) is 45.6 Å².